The summed E-state index contributed by atoms with van der Waals surface area (Å²) in [6, 6.07) is 1.51. The highest BCUT2D eigenvalue weighted by Crippen LogP contribution is 2.17. The second-order valence-corrected chi connectivity index (χ2v) is 6.60. The maximum absolute atomic E-state index is 13.4. The number of benzene rings is 1. The van der Waals surface area contributed by atoms with Crippen molar-refractivity contribution in [3.8, 4) is 0 Å². The van der Waals surface area contributed by atoms with Crippen LogP contribution < -0.4 is 0 Å². The molecule has 1 atom stereocenters. The fraction of sp³-hybridized carbons (Fsp3) is 0.571. The third kappa shape index (κ3) is 6.17. The molecular formula is C14H21F3O3Si. The van der Waals surface area contributed by atoms with Crippen molar-refractivity contribution in [1.82, 2.24) is 0 Å². The lowest BCUT2D eigenvalue weighted by Gasteiger charge is -2.17. The van der Waals surface area contributed by atoms with E-state index in [4.69, 9.17) is 13.3 Å². The highest BCUT2D eigenvalue weighted by Gasteiger charge is 2.15. The zero-order valence-electron chi connectivity index (χ0n) is 12.5. The lowest BCUT2D eigenvalue weighted by atomic mass is 10.0. The van der Waals surface area contributed by atoms with E-state index in [9.17, 15) is 13.2 Å². The minimum absolute atomic E-state index is 0.0173. The van der Waals surface area contributed by atoms with Crippen LogP contribution in [0.2, 0.25) is 0 Å². The Morgan fingerprint density at radius 3 is 2.24 bits per heavy atom. The number of hydrogen-bond donors (Lipinski definition) is 0. The average molecular weight is 322 g/mol. The Labute approximate surface area is 125 Å². The van der Waals surface area contributed by atoms with Crippen molar-refractivity contribution in [1.29, 1.82) is 0 Å². The summed E-state index contributed by atoms with van der Waals surface area (Å²) < 4.78 is 54.9. The highest BCUT2D eigenvalue weighted by molar-refractivity contribution is 6.36. The van der Waals surface area contributed by atoms with Crippen LogP contribution in [0.1, 0.15) is 31.7 Å². The van der Waals surface area contributed by atoms with Crippen molar-refractivity contribution in [2.45, 2.75) is 38.7 Å². The van der Waals surface area contributed by atoms with Crippen molar-refractivity contribution >= 4 is 9.53 Å². The molecule has 0 aliphatic rings. The molecule has 0 amide bonds. The Kier molecular flexibility index (Phi) is 7.95. The SMILES string of the molecule is CO[SiH](OC)OC(C)CCCCc1cc(F)c(F)cc1F. The summed E-state index contributed by atoms with van der Waals surface area (Å²) in [5, 5.41) is 0. The van der Waals surface area contributed by atoms with Gasteiger partial charge in [-0.1, -0.05) is 6.42 Å². The van der Waals surface area contributed by atoms with Crippen molar-refractivity contribution in [3.05, 3.63) is 35.1 Å². The van der Waals surface area contributed by atoms with Crippen molar-refractivity contribution in [2.24, 2.45) is 0 Å². The lowest BCUT2D eigenvalue weighted by Crippen LogP contribution is -2.28. The third-order valence-electron chi connectivity index (χ3n) is 3.12. The van der Waals surface area contributed by atoms with E-state index in [1.807, 2.05) is 6.92 Å². The maximum Gasteiger partial charge on any atom is 0.483 e. The Balaban J connectivity index is 2.33. The van der Waals surface area contributed by atoms with Crippen LogP contribution in [-0.4, -0.2) is 29.9 Å². The van der Waals surface area contributed by atoms with Gasteiger partial charge in [-0.05, 0) is 37.8 Å². The van der Waals surface area contributed by atoms with Crippen molar-refractivity contribution < 1.29 is 26.4 Å². The van der Waals surface area contributed by atoms with Crippen molar-refractivity contribution in [3.63, 3.8) is 0 Å². The summed E-state index contributed by atoms with van der Waals surface area (Å²) in [6.45, 7) is 1.91. The van der Waals surface area contributed by atoms with Gasteiger partial charge in [0.05, 0.1) is 0 Å². The molecule has 1 rings (SSSR count). The third-order valence-corrected chi connectivity index (χ3v) is 4.58. The van der Waals surface area contributed by atoms with E-state index >= 15 is 0 Å². The molecule has 0 N–H and O–H groups in total. The standard InChI is InChI=1S/C14H21F3O3Si/c1-10(20-21(18-2)19-3)6-4-5-7-11-8-13(16)14(17)9-12(11)15/h8-10,21H,4-7H2,1-3H3. The topological polar surface area (TPSA) is 27.7 Å². The summed E-state index contributed by atoms with van der Waals surface area (Å²) in [7, 11) is 1.05. The first-order chi connectivity index (χ1) is 9.97. The molecule has 3 nitrogen and oxygen atoms in total. The van der Waals surface area contributed by atoms with Crippen LogP contribution >= 0.6 is 0 Å². The smallest absolute Gasteiger partial charge is 0.379 e. The van der Waals surface area contributed by atoms with Crippen LogP contribution in [0, 0.1) is 17.5 Å². The Morgan fingerprint density at radius 2 is 1.62 bits per heavy atom. The minimum Gasteiger partial charge on any atom is -0.379 e. The quantitative estimate of drug-likeness (QED) is 0.397. The maximum atomic E-state index is 13.4. The van der Waals surface area contributed by atoms with E-state index in [0.29, 0.717) is 18.9 Å². The van der Waals surface area contributed by atoms with Gasteiger partial charge >= 0.3 is 9.53 Å². The number of aryl methyl sites for hydroxylation is 1. The second-order valence-electron chi connectivity index (χ2n) is 4.81. The molecule has 0 saturated heterocycles. The first-order valence-electron chi connectivity index (χ1n) is 6.82. The van der Waals surface area contributed by atoms with Gasteiger partial charge < -0.3 is 13.3 Å². The van der Waals surface area contributed by atoms with Gasteiger partial charge in [-0.15, -0.1) is 0 Å². The number of unbranched alkanes of at least 4 members (excludes halogenated alkanes) is 1. The molecule has 7 heteroatoms. The van der Waals surface area contributed by atoms with E-state index < -0.39 is 27.0 Å². The molecular weight excluding hydrogens is 301 g/mol. The lowest BCUT2D eigenvalue weighted by molar-refractivity contribution is 0.0893. The summed E-state index contributed by atoms with van der Waals surface area (Å²) in [4.78, 5) is 0. The highest BCUT2D eigenvalue weighted by atomic mass is 28.3. The van der Waals surface area contributed by atoms with Gasteiger partial charge in [-0.3, -0.25) is 0 Å². The Hall–Kier alpha value is -0.893. The predicted octanol–water partition coefficient (Wildman–Crippen LogP) is 3.23. The minimum atomic E-state index is -2.03. The zero-order valence-corrected chi connectivity index (χ0v) is 13.7. The molecule has 0 aromatic heterocycles. The van der Waals surface area contributed by atoms with E-state index in [-0.39, 0.29) is 11.7 Å². The van der Waals surface area contributed by atoms with E-state index in [2.05, 4.69) is 0 Å². The molecule has 21 heavy (non-hydrogen) atoms. The van der Waals surface area contributed by atoms with Crippen LogP contribution in [0.3, 0.4) is 0 Å². The molecule has 0 aliphatic carbocycles. The predicted molar refractivity (Wildman–Crippen MR) is 75.6 cm³/mol. The molecule has 0 spiro atoms. The number of rotatable bonds is 9. The van der Waals surface area contributed by atoms with E-state index in [1.54, 1.807) is 14.2 Å². The van der Waals surface area contributed by atoms with Gasteiger partial charge in [0.2, 0.25) is 0 Å². The van der Waals surface area contributed by atoms with Gasteiger partial charge in [-0.2, -0.15) is 0 Å². The average Bonchev–Trinajstić information content (AvgIpc) is 2.46. The molecule has 1 unspecified atom stereocenters. The van der Waals surface area contributed by atoms with Gasteiger partial charge in [0, 0.05) is 26.4 Å². The van der Waals surface area contributed by atoms with E-state index in [1.165, 1.54) is 0 Å². The van der Waals surface area contributed by atoms with Crippen LogP contribution in [0.5, 0.6) is 0 Å². The fourth-order valence-electron chi connectivity index (χ4n) is 1.97. The van der Waals surface area contributed by atoms with Gasteiger partial charge in [0.15, 0.2) is 11.6 Å². The van der Waals surface area contributed by atoms with Crippen molar-refractivity contribution in [2.75, 3.05) is 14.2 Å². The van der Waals surface area contributed by atoms with Gasteiger partial charge in [-0.25, -0.2) is 13.2 Å². The first kappa shape index (κ1) is 18.2. The number of hydrogen-bond acceptors (Lipinski definition) is 3. The summed E-state index contributed by atoms with van der Waals surface area (Å²) in [5.41, 5.74) is 0.198. The monoisotopic (exact) mass is 322 g/mol. The summed E-state index contributed by atoms with van der Waals surface area (Å²) in [6.07, 6.45) is 2.57. The zero-order chi connectivity index (χ0) is 15.8. The van der Waals surface area contributed by atoms with Gasteiger partial charge in [0.25, 0.3) is 0 Å². The molecule has 120 valence electrons. The molecule has 0 fully saturated rings. The first-order valence-corrected chi connectivity index (χ1v) is 8.23. The van der Waals surface area contributed by atoms with Crippen LogP contribution in [0.25, 0.3) is 0 Å². The largest absolute Gasteiger partial charge is 0.483 e. The van der Waals surface area contributed by atoms with Crippen LogP contribution in [-0.2, 0) is 19.7 Å². The molecule has 0 radical (unpaired) electrons. The molecule has 0 saturated carbocycles. The van der Waals surface area contributed by atoms with Crippen LogP contribution in [0.15, 0.2) is 12.1 Å². The summed E-state index contributed by atoms with van der Waals surface area (Å²) in [5.74, 6) is -2.88. The molecule has 1 aromatic carbocycles. The summed E-state index contributed by atoms with van der Waals surface area (Å²) >= 11 is 0. The number of halogens is 3. The second kappa shape index (κ2) is 9.19. The van der Waals surface area contributed by atoms with Crippen LogP contribution in [0.4, 0.5) is 13.2 Å². The molecule has 0 bridgehead atoms. The normalized spacial score (nSPS) is 12.9. The Bertz CT molecular complexity index is 442. The van der Waals surface area contributed by atoms with Gasteiger partial charge in [0.1, 0.15) is 5.82 Å². The molecule has 1 aromatic rings. The molecule has 0 heterocycles. The Morgan fingerprint density at radius 1 is 1.00 bits per heavy atom. The van der Waals surface area contributed by atoms with E-state index in [0.717, 1.165) is 18.9 Å². The molecule has 0 aliphatic heterocycles. The fourth-order valence-corrected chi connectivity index (χ4v) is 2.90.